The van der Waals surface area contributed by atoms with Gasteiger partial charge in [0.15, 0.2) is 17.3 Å². The molecule has 0 bridgehead atoms. The third kappa shape index (κ3) is 4.29. The molecule has 3 aromatic rings. The predicted molar refractivity (Wildman–Crippen MR) is 128 cm³/mol. The van der Waals surface area contributed by atoms with Gasteiger partial charge in [-0.05, 0) is 66.2 Å². The number of ether oxygens (including phenoxy) is 3. The summed E-state index contributed by atoms with van der Waals surface area (Å²) in [5.41, 5.74) is 3.48. The highest BCUT2D eigenvalue weighted by Gasteiger charge is 2.37. The third-order valence-corrected chi connectivity index (χ3v) is 6.57. The Hall–Kier alpha value is -3.66. The lowest BCUT2D eigenvalue weighted by Crippen LogP contribution is -2.35. The summed E-state index contributed by atoms with van der Waals surface area (Å²) in [6.45, 7) is 3.82. The SMILES string of the molecule is CCCCCNC(=O)c1ccc(-n2nnnc2[C@H]2c3c(cc4c(c3OC)OCO4)CCN2C)cc1. The number of aromatic nitrogens is 4. The summed E-state index contributed by atoms with van der Waals surface area (Å²) in [6.07, 6.45) is 4.05. The molecule has 0 unspecified atom stereocenters. The maximum absolute atomic E-state index is 12.5. The van der Waals surface area contributed by atoms with E-state index in [0.717, 1.165) is 49.0 Å². The van der Waals surface area contributed by atoms with Crippen molar-refractivity contribution in [2.75, 3.05) is 34.0 Å². The van der Waals surface area contributed by atoms with Crippen LogP contribution >= 0.6 is 0 Å². The summed E-state index contributed by atoms with van der Waals surface area (Å²) >= 11 is 0. The largest absolute Gasteiger partial charge is 0.492 e. The van der Waals surface area contributed by atoms with Crippen LogP contribution in [0, 0.1) is 0 Å². The minimum Gasteiger partial charge on any atom is -0.492 e. The number of methoxy groups -OCH3 is 1. The molecule has 0 spiro atoms. The molecule has 10 nitrogen and oxygen atoms in total. The van der Waals surface area contributed by atoms with E-state index < -0.39 is 0 Å². The number of amides is 1. The van der Waals surface area contributed by atoms with Gasteiger partial charge in [-0.15, -0.1) is 5.10 Å². The molecular formula is C25H30N6O4. The first kappa shape index (κ1) is 23.1. The highest BCUT2D eigenvalue weighted by molar-refractivity contribution is 5.94. The Morgan fingerprint density at radius 1 is 1.23 bits per heavy atom. The maximum Gasteiger partial charge on any atom is 0.251 e. The number of carbonyl (C=O) groups excluding carboxylic acids is 1. The number of hydrogen-bond acceptors (Lipinski definition) is 8. The Morgan fingerprint density at radius 3 is 2.83 bits per heavy atom. The Bertz CT molecular complexity index is 1210. The van der Waals surface area contributed by atoms with Gasteiger partial charge >= 0.3 is 0 Å². The van der Waals surface area contributed by atoms with Crippen molar-refractivity contribution in [1.29, 1.82) is 0 Å². The van der Waals surface area contributed by atoms with Gasteiger partial charge in [0, 0.05) is 24.2 Å². The zero-order valence-electron chi connectivity index (χ0n) is 20.3. The average molecular weight is 479 g/mol. The van der Waals surface area contributed by atoms with Crippen LogP contribution in [0.4, 0.5) is 0 Å². The lowest BCUT2D eigenvalue weighted by atomic mass is 9.90. The molecule has 1 atom stereocenters. The summed E-state index contributed by atoms with van der Waals surface area (Å²) < 4.78 is 18.9. The summed E-state index contributed by atoms with van der Waals surface area (Å²) in [5, 5.41) is 15.6. The number of tetrazole rings is 1. The Labute approximate surface area is 204 Å². The van der Waals surface area contributed by atoms with Gasteiger partial charge in [0.05, 0.1) is 12.8 Å². The molecule has 0 saturated heterocycles. The van der Waals surface area contributed by atoms with Gasteiger partial charge in [-0.2, -0.15) is 4.68 Å². The van der Waals surface area contributed by atoms with Crippen molar-refractivity contribution in [2.45, 2.75) is 38.6 Å². The molecule has 10 heteroatoms. The molecule has 0 aliphatic carbocycles. The van der Waals surface area contributed by atoms with Gasteiger partial charge in [0.25, 0.3) is 5.91 Å². The molecule has 35 heavy (non-hydrogen) atoms. The van der Waals surface area contributed by atoms with E-state index in [0.29, 0.717) is 35.2 Å². The van der Waals surface area contributed by atoms with Crippen LogP contribution in [-0.4, -0.2) is 65.1 Å². The van der Waals surface area contributed by atoms with Crippen molar-refractivity contribution < 1.29 is 19.0 Å². The van der Waals surface area contributed by atoms with Crippen LogP contribution in [-0.2, 0) is 6.42 Å². The van der Waals surface area contributed by atoms with Crippen molar-refractivity contribution in [3.63, 3.8) is 0 Å². The van der Waals surface area contributed by atoms with Gasteiger partial charge in [-0.3, -0.25) is 9.69 Å². The molecule has 0 radical (unpaired) electrons. The molecule has 3 heterocycles. The van der Waals surface area contributed by atoms with E-state index in [1.54, 1.807) is 23.9 Å². The quantitative estimate of drug-likeness (QED) is 0.493. The Kier molecular flexibility index (Phi) is 6.54. The van der Waals surface area contributed by atoms with Gasteiger partial charge < -0.3 is 19.5 Å². The van der Waals surface area contributed by atoms with Crippen LogP contribution in [0.15, 0.2) is 30.3 Å². The Morgan fingerprint density at radius 2 is 2.06 bits per heavy atom. The molecule has 1 amide bonds. The maximum atomic E-state index is 12.5. The predicted octanol–water partition coefficient (Wildman–Crippen LogP) is 2.90. The fraction of sp³-hybridized carbons (Fsp3) is 0.440. The zero-order chi connectivity index (χ0) is 24.4. The second-order valence-electron chi connectivity index (χ2n) is 8.81. The van der Waals surface area contributed by atoms with Crippen molar-refractivity contribution in [3.8, 4) is 22.9 Å². The first-order chi connectivity index (χ1) is 17.1. The monoisotopic (exact) mass is 478 g/mol. The molecule has 2 aliphatic rings. The van der Waals surface area contributed by atoms with Crippen molar-refractivity contribution in [1.82, 2.24) is 30.4 Å². The van der Waals surface area contributed by atoms with Crippen LogP contribution in [0.25, 0.3) is 5.69 Å². The number of carbonyl (C=O) groups is 1. The van der Waals surface area contributed by atoms with Gasteiger partial charge in [0.1, 0.15) is 6.04 Å². The molecule has 0 fully saturated rings. The number of nitrogens with zero attached hydrogens (tertiary/aromatic N) is 5. The van der Waals surface area contributed by atoms with Crippen LogP contribution in [0.2, 0.25) is 0 Å². The highest BCUT2D eigenvalue weighted by Crippen LogP contribution is 2.50. The number of likely N-dealkylation sites (N-methyl/N-ethyl adjacent to an activating group) is 1. The summed E-state index contributed by atoms with van der Waals surface area (Å²) in [7, 11) is 3.68. The molecule has 5 rings (SSSR count). The molecule has 0 saturated carbocycles. The van der Waals surface area contributed by atoms with Crippen molar-refractivity contribution in [3.05, 3.63) is 52.8 Å². The zero-order valence-corrected chi connectivity index (χ0v) is 20.3. The number of unbranched alkanes of at least 4 members (excludes halogenated alkanes) is 2. The summed E-state index contributed by atoms with van der Waals surface area (Å²) in [4.78, 5) is 14.7. The van der Waals surface area contributed by atoms with E-state index in [2.05, 4.69) is 32.7 Å². The summed E-state index contributed by atoms with van der Waals surface area (Å²) in [5.74, 6) is 2.54. The van der Waals surface area contributed by atoms with Gasteiger partial charge in [-0.25, -0.2) is 0 Å². The van der Waals surface area contributed by atoms with E-state index >= 15 is 0 Å². The van der Waals surface area contributed by atoms with Crippen molar-refractivity contribution >= 4 is 5.91 Å². The fourth-order valence-electron chi connectivity index (χ4n) is 4.74. The summed E-state index contributed by atoms with van der Waals surface area (Å²) in [6, 6.07) is 9.10. The molecule has 1 aromatic heterocycles. The molecule has 2 aliphatic heterocycles. The number of nitrogens with one attached hydrogen (secondary N) is 1. The number of rotatable bonds is 8. The number of fused-ring (bicyclic) bond motifs is 2. The third-order valence-electron chi connectivity index (χ3n) is 6.57. The standard InChI is InChI=1S/C25H30N6O4/c1-4-5-6-12-26-25(32)16-7-9-18(10-8-16)31-24(27-28-29-31)21-20-17(11-13-30(21)2)14-19-22(23(20)33-3)35-15-34-19/h7-10,14,21H,4-6,11-13,15H2,1-3H3,(H,26,32)/t21-/m1/s1. The van der Waals surface area contributed by atoms with Crippen LogP contribution in [0.3, 0.4) is 0 Å². The molecule has 2 aromatic carbocycles. The normalized spacial score (nSPS) is 16.7. The van der Waals surface area contributed by atoms with E-state index in [4.69, 9.17) is 14.2 Å². The van der Waals surface area contributed by atoms with Crippen LogP contribution in [0.1, 0.15) is 59.5 Å². The number of hydrogen-bond donors (Lipinski definition) is 1. The molecular weight excluding hydrogens is 448 g/mol. The first-order valence-corrected chi connectivity index (χ1v) is 12.0. The van der Waals surface area contributed by atoms with E-state index in [9.17, 15) is 4.79 Å². The van der Waals surface area contributed by atoms with Crippen molar-refractivity contribution in [2.24, 2.45) is 0 Å². The lowest BCUT2D eigenvalue weighted by Gasteiger charge is -2.34. The van der Waals surface area contributed by atoms with Crippen LogP contribution in [0.5, 0.6) is 17.2 Å². The smallest absolute Gasteiger partial charge is 0.251 e. The minimum absolute atomic E-state index is 0.0775. The molecule has 1 N–H and O–H groups in total. The lowest BCUT2D eigenvalue weighted by molar-refractivity contribution is 0.0953. The van der Waals surface area contributed by atoms with Gasteiger partial charge in [-0.1, -0.05) is 19.8 Å². The van der Waals surface area contributed by atoms with Crippen LogP contribution < -0.4 is 19.5 Å². The topological polar surface area (TPSA) is 104 Å². The highest BCUT2D eigenvalue weighted by atomic mass is 16.7. The Balaban J connectivity index is 1.46. The van der Waals surface area contributed by atoms with Gasteiger partial charge in [0.2, 0.25) is 12.5 Å². The fourth-order valence-corrected chi connectivity index (χ4v) is 4.74. The second-order valence-corrected chi connectivity index (χ2v) is 8.81. The number of benzene rings is 2. The minimum atomic E-state index is -0.250. The van der Waals surface area contributed by atoms with E-state index in [-0.39, 0.29) is 18.7 Å². The first-order valence-electron chi connectivity index (χ1n) is 12.0. The van der Waals surface area contributed by atoms with E-state index in [1.165, 1.54) is 0 Å². The van der Waals surface area contributed by atoms with E-state index in [1.807, 2.05) is 25.2 Å². The molecule has 184 valence electrons. The second kappa shape index (κ2) is 9.91. The average Bonchev–Trinajstić information content (AvgIpc) is 3.55.